The average Bonchev–Trinajstić information content (AvgIpc) is 3.48. The molecular formula is C31H36F6N4O6. The zero-order valence-corrected chi connectivity index (χ0v) is 25.7. The summed E-state index contributed by atoms with van der Waals surface area (Å²) in [4.78, 5) is 48.0. The van der Waals surface area contributed by atoms with Crippen LogP contribution in [0.4, 0.5) is 26.3 Å². The standard InChI is InChI=1S/C27H34N4O2.2C2HF3O2/c1-3-23(32)11-5-4-6-12-24(30-27(33)22-17-31(2)18-22)26-28-16-25(29-26)21-14-13-19-9-7-8-10-20(19)15-21;2*3-2(4,5)1(6)7/h7-10,13-16,22,24H,3-6,11-12,17-18H2,1-2H3,(H,28,29)(H,30,33);2*(H,6,7)/t24-;;/m0../s1. The molecule has 0 aromatic heterocycles. The number of nitrogens with zero attached hydrogens (tertiary/aromatic N) is 1. The van der Waals surface area contributed by atoms with Crippen LogP contribution in [-0.2, 0) is 19.2 Å². The summed E-state index contributed by atoms with van der Waals surface area (Å²) in [5, 5.41) is 25.4. The van der Waals surface area contributed by atoms with E-state index in [4.69, 9.17) is 24.8 Å². The lowest BCUT2D eigenvalue weighted by Gasteiger charge is -2.32. The van der Waals surface area contributed by atoms with Crippen molar-refractivity contribution in [3.8, 4) is 0 Å². The van der Waals surface area contributed by atoms with Crippen LogP contribution in [0.5, 0.6) is 0 Å². The van der Waals surface area contributed by atoms with Crippen molar-refractivity contribution < 1.29 is 66.0 Å². The molecule has 2 aromatic carbocycles. The molecule has 0 bridgehead atoms. The first kappa shape index (κ1) is 38.9. The van der Waals surface area contributed by atoms with Crippen LogP contribution in [0.1, 0.15) is 51.0 Å². The van der Waals surface area contributed by atoms with Crippen LogP contribution in [-0.4, -0.2) is 68.0 Å². The number of carboxylic acid groups (broad SMARTS) is 2. The number of rotatable bonds is 11. The molecule has 1 atom stereocenters. The molecule has 2 aromatic rings. The molecule has 10 nitrogen and oxygen atoms in total. The maximum absolute atomic E-state index is 12.8. The fourth-order valence-electron chi connectivity index (χ4n) is 4.67. The molecule has 16 heteroatoms. The van der Waals surface area contributed by atoms with Gasteiger partial charge in [0.1, 0.15) is 29.7 Å². The van der Waals surface area contributed by atoms with E-state index in [-0.39, 0.29) is 17.9 Å². The quantitative estimate of drug-likeness (QED) is 0.229. The van der Waals surface area contributed by atoms with Crippen molar-refractivity contribution in [2.45, 2.75) is 63.8 Å². The van der Waals surface area contributed by atoms with Crippen molar-refractivity contribution in [2.24, 2.45) is 10.9 Å². The molecule has 0 saturated carbocycles. The molecular weight excluding hydrogens is 638 g/mol. The van der Waals surface area contributed by atoms with Gasteiger partial charge in [0.2, 0.25) is 11.7 Å². The molecule has 47 heavy (non-hydrogen) atoms. The SMILES string of the molecule is CCC(=O)CCCCC[C@H](NC(=O)C1C[NH+](C)C1)C1=NC=C(c2ccc3ccccc3c2)[NH2+]1.O=C([O-])C(F)(F)F.O=C([O-])C(F)(F)F. The van der Waals surface area contributed by atoms with Crippen LogP contribution < -0.4 is 25.7 Å². The molecule has 258 valence electrons. The summed E-state index contributed by atoms with van der Waals surface area (Å²) < 4.78 is 63.1. The third kappa shape index (κ3) is 13.1. The minimum absolute atomic E-state index is 0.0884. The summed E-state index contributed by atoms with van der Waals surface area (Å²) in [6, 6.07) is 14.7. The van der Waals surface area contributed by atoms with Gasteiger partial charge in [-0.15, -0.1) is 0 Å². The number of alkyl halides is 6. The number of likely N-dealkylation sites (tertiary alicyclic amines) is 1. The number of unbranched alkanes of at least 4 members (excludes halogenated alkanes) is 2. The van der Waals surface area contributed by atoms with Crippen molar-refractivity contribution in [2.75, 3.05) is 20.1 Å². The van der Waals surface area contributed by atoms with Gasteiger partial charge >= 0.3 is 12.4 Å². The van der Waals surface area contributed by atoms with Gasteiger partial charge in [0.15, 0.2) is 5.70 Å². The van der Waals surface area contributed by atoms with Crippen LogP contribution in [0.3, 0.4) is 0 Å². The Morgan fingerprint density at radius 3 is 2.04 bits per heavy atom. The maximum Gasteiger partial charge on any atom is 0.430 e. The van der Waals surface area contributed by atoms with E-state index >= 15 is 0 Å². The molecule has 0 radical (unpaired) electrons. The van der Waals surface area contributed by atoms with E-state index in [1.807, 2.05) is 13.1 Å². The number of hydrogen-bond donors (Lipinski definition) is 3. The second-order valence-corrected chi connectivity index (χ2v) is 11.0. The Labute approximate surface area is 266 Å². The number of carboxylic acids is 2. The molecule has 0 aliphatic carbocycles. The number of benzene rings is 2. The minimum Gasteiger partial charge on any atom is -0.542 e. The first-order valence-corrected chi connectivity index (χ1v) is 14.7. The van der Waals surface area contributed by atoms with Crippen molar-refractivity contribution in [3.05, 3.63) is 54.2 Å². The molecule has 0 unspecified atom stereocenters. The topological polar surface area (TPSA) is 160 Å². The number of aliphatic carboxylic acids is 2. The van der Waals surface area contributed by atoms with Crippen LogP contribution in [0.25, 0.3) is 16.5 Å². The summed E-state index contributed by atoms with van der Waals surface area (Å²) in [5.74, 6) is -4.52. The summed E-state index contributed by atoms with van der Waals surface area (Å²) in [7, 11) is 2.12. The van der Waals surface area contributed by atoms with E-state index in [0.29, 0.717) is 18.6 Å². The van der Waals surface area contributed by atoms with Gasteiger partial charge in [0.25, 0.3) is 0 Å². The van der Waals surface area contributed by atoms with E-state index in [1.54, 1.807) is 0 Å². The number of halogens is 6. The number of nitrogens with two attached hydrogens (primary N) is 1. The second-order valence-electron chi connectivity index (χ2n) is 11.0. The highest BCUT2D eigenvalue weighted by atomic mass is 19.4. The number of carbonyl (C=O) groups excluding carboxylic acids is 4. The number of quaternary nitrogens is 2. The van der Waals surface area contributed by atoms with Gasteiger partial charge in [-0.2, -0.15) is 26.3 Å². The van der Waals surface area contributed by atoms with Gasteiger partial charge in [0.05, 0.1) is 26.3 Å². The average molecular weight is 675 g/mol. The van der Waals surface area contributed by atoms with Crippen molar-refractivity contribution in [1.82, 2.24) is 5.32 Å². The van der Waals surface area contributed by atoms with E-state index in [9.17, 15) is 35.9 Å². The number of nitrogens with one attached hydrogen (secondary N) is 2. The Hall–Kier alpha value is -4.31. The predicted octanol–water partition coefficient (Wildman–Crippen LogP) is 0.270. The van der Waals surface area contributed by atoms with Crippen LogP contribution in [0, 0.1) is 5.92 Å². The summed E-state index contributed by atoms with van der Waals surface area (Å²) >= 11 is 0. The number of amidine groups is 1. The number of amides is 1. The lowest BCUT2D eigenvalue weighted by atomic mass is 9.98. The van der Waals surface area contributed by atoms with Crippen molar-refractivity contribution in [3.63, 3.8) is 0 Å². The van der Waals surface area contributed by atoms with E-state index in [1.165, 1.54) is 15.7 Å². The first-order valence-electron chi connectivity index (χ1n) is 14.7. The highest BCUT2D eigenvalue weighted by Gasteiger charge is 2.37. The number of aliphatic imine (C=N–C) groups is 1. The fourth-order valence-corrected chi connectivity index (χ4v) is 4.67. The van der Waals surface area contributed by atoms with Gasteiger partial charge in [-0.1, -0.05) is 50.1 Å². The summed E-state index contributed by atoms with van der Waals surface area (Å²) in [6.45, 7) is 3.71. The molecule has 1 amide bonds. The van der Waals surface area contributed by atoms with Crippen LogP contribution in [0.15, 0.2) is 53.7 Å². The van der Waals surface area contributed by atoms with Crippen molar-refractivity contribution in [1.29, 1.82) is 0 Å². The van der Waals surface area contributed by atoms with E-state index in [0.717, 1.165) is 55.9 Å². The van der Waals surface area contributed by atoms with Gasteiger partial charge < -0.3 is 30.0 Å². The molecule has 2 aliphatic heterocycles. The summed E-state index contributed by atoms with van der Waals surface area (Å²) in [5.41, 5.74) is 2.22. The van der Waals surface area contributed by atoms with Crippen LogP contribution >= 0.6 is 0 Å². The normalized spacial score (nSPS) is 17.9. The predicted molar refractivity (Wildman–Crippen MR) is 154 cm³/mol. The maximum atomic E-state index is 12.8. The molecule has 2 aliphatic rings. The zero-order chi connectivity index (χ0) is 35.4. The van der Waals surface area contributed by atoms with E-state index in [2.05, 4.69) is 60.1 Å². The third-order valence-electron chi connectivity index (χ3n) is 7.28. The molecule has 4 rings (SSSR count). The van der Waals surface area contributed by atoms with Gasteiger partial charge in [-0.05, 0) is 35.7 Å². The second kappa shape index (κ2) is 17.6. The highest BCUT2D eigenvalue weighted by molar-refractivity contribution is 5.92. The molecule has 1 fully saturated rings. The molecule has 4 N–H and O–H groups in total. The zero-order valence-electron chi connectivity index (χ0n) is 25.7. The summed E-state index contributed by atoms with van der Waals surface area (Å²) in [6.07, 6.45) is -3.48. The molecule has 1 saturated heterocycles. The first-order chi connectivity index (χ1) is 21.9. The monoisotopic (exact) mass is 674 g/mol. The smallest absolute Gasteiger partial charge is 0.430 e. The minimum atomic E-state index is -5.19. The number of carbonyl (C=O) groups is 4. The Balaban J connectivity index is 0.000000459. The molecule has 2 heterocycles. The van der Waals surface area contributed by atoms with Gasteiger partial charge in [0, 0.05) is 18.4 Å². The third-order valence-corrected chi connectivity index (χ3v) is 7.28. The largest absolute Gasteiger partial charge is 0.542 e. The fraction of sp³-hybridized carbons (Fsp3) is 0.452. The highest BCUT2D eigenvalue weighted by Crippen LogP contribution is 2.20. The Morgan fingerprint density at radius 1 is 0.936 bits per heavy atom. The Kier molecular flexibility index (Phi) is 14.5. The lowest BCUT2D eigenvalue weighted by molar-refractivity contribution is -0.927. The number of ketones is 1. The number of hydrogen-bond acceptors (Lipinski definition) is 7. The molecule has 0 spiro atoms. The Morgan fingerprint density at radius 2 is 1.51 bits per heavy atom. The number of Topliss-reactive ketones (excluding diaryl/α,β-unsaturated/α-hetero) is 1. The van der Waals surface area contributed by atoms with Gasteiger partial charge in [-0.25, -0.2) is 4.99 Å². The number of fused-ring (bicyclic) bond motifs is 1. The van der Waals surface area contributed by atoms with Crippen LogP contribution in [0.2, 0.25) is 0 Å². The van der Waals surface area contributed by atoms with Gasteiger partial charge in [-0.3, -0.25) is 14.9 Å². The van der Waals surface area contributed by atoms with Crippen molar-refractivity contribution >= 4 is 45.9 Å². The van der Waals surface area contributed by atoms with E-state index < -0.39 is 24.3 Å². The lowest BCUT2D eigenvalue weighted by Crippen LogP contribution is -3.18. The Bertz CT molecular complexity index is 1440.